The summed E-state index contributed by atoms with van der Waals surface area (Å²) in [6.45, 7) is 0.416. The van der Waals surface area contributed by atoms with Gasteiger partial charge in [-0.3, -0.25) is 4.72 Å². The van der Waals surface area contributed by atoms with E-state index in [2.05, 4.69) is 26.0 Å². The average molecular weight is 363 g/mol. The molecule has 8 heteroatoms. The lowest BCUT2D eigenvalue weighted by Crippen LogP contribution is -2.12. The summed E-state index contributed by atoms with van der Waals surface area (Å²) in [7, 11) is -2.17. The summed E-state index contributed by atoms with van der Waals surface area (Å²) in [5.74, 6) is -0.0487. The molecule has 0 saturated heterocycles. The second kappa shape index (κ2) is 5.94. The van der Waals surface area contributed by atoms with Crippen LogP contribution in [0.1, 0.15) is 5.76 Å². The van der Waals surface area contributed by atoms with Crippen molar-refractivity contribution in [1.29, 1.82) is 0 Å². The van der Waals surface area contributed by atoms with E-state index in [1.54, 1.807) is 13.1 Å². The number of hydrogen-bond acceptors (Lipinski definition) is 4. The summed E-state index contributed by atoms with van der Waals surface area (Å²) >= 11 is 3.15. The first-order valence-corrected chi connectivity index (χ1v) is 7.91. The highest BCUT2D eigenvalue weighted by atomic mass is 79.9. The zero-order valence-corrected chi connectivity index (χ0v) is 12.9. The van der Waals surface area contributed by atoms with Crippen LogP contribution < -0.4 is 10.0 Å². The summed E-state index contributed by atoms with van der Waals surface area (Å²) in [6.07, 6.45) is 0. The molecule has 0 aliphatic rings. The Bertz CT molecular complexity index is 715. The Morgan fingerprint density at radius 1 is 1.30 bits per heavy atom. The van der Waals surface area contributed by atoms with Crippen LogP contribution in [0.3, 0.4) is 0 Å². The molecule has 0 fully saturated rings. The van der Waals surface area contributed by atoms with E-state index in [0.29, 0.717) is 16.8 Å². The lowest BCUT2D eigenvalue weighted by atomic mass is 10.3. The molecule has 1 aromatic heterocycles. The predicted molar refractivity (Wildman–Crippen MR) is 76.4 cm³/mol. The first-order chi connectivity index (χ1) is 9.42. The minimum Gasteiger partial charge on any atom is -0.446 e. The van der Waals surface area contributed by atoms with Gasteiger partial charge in [0, 0.05) is 4.47 Å². The Hall–Kier alpha value is -1.38. The van der Waals surface area contributed by atoms with Gasteiger partial charge in [0.25, 0.3) is 10.0 Å². The van der Waals surface area contributed by atoms with Crippen LogP contribution in [0.25, 0.3) is 0 Å². The summed E-state index contributed by atoms with van der Waals surface area (Å²) in [5.41, 5.74) is 0.108. The molecule has 2 aromatic rings. The molecule has 0 radical (unpaired) electrons. The second-order valence-electron chi connectivity index (χ2n) is 3.98. The van der Waals surface area contributed by atoms with E-state index in [-0.39, 0.29) is 10.8 Å². The van der Waals surface area contributed by atoms with Crippen LogP contribution in [0.15, 0.2) is 44.3 Å². The molecule has 1 heterocycles. The maximum atomic E-state index is 13.1. The van der Waals surface area contributed by atoms with Gasteiger partial charge in [0.1, 0.15) is 11.6 Å². The molecule has 0 bridgehead atoms. The largest absolute Gasteiger partial charge is 0.446 e. The van der Waals surface area contributed by atoms with Crippen LogP contribution in [-0.4, -0.2) is 15.5 Å². The van der Waals surface area contributed by atoms with Gasteiger partial charge in [0.2, 0.25) is 5.09 Å². The number of rotatable bonds is 5. The number of nitrogens with one attached hydrogen (secondary N) is 2. The number of sulfonamides is 1. The number of anilines is 1. The van der Waals surface area contributed by atoms with E-state index in [4.69, 9.17) is 4.42 Å². The van der Waals surface area contributed by atoms with Crippen LogP contribution in [0.2, 0.25) is 0 Å². The monoisotopic (exact) mass is 362 g/mol. The summed E-state index contributed by atoms with van der Waals surface area (Å²) in [5, 5.41) is 2.63. The minimum absolute atomic E-state index is 0.108. The fraction of sp³-hybridized carbons (Fsp3) is 0.167. The van der Waals surface area contributed by atoms with Crippen molar-refractivity contribution >= 4 is 31.6 Å². The molecule has 0 saturated carbocycles. The first-order valence-electron chi connectivity index (χ1n) is 5.63. The Labute approximate surface area is 124 Å². The molecule has 0 atom stereocenters. The van der Waals surface area contributed by atoms with Gasteiger partial charge in [-0.25, -0.2) is 4.39 Å². The summed E-state index contributed by atoms with van der Waals surface area (Å²) in [4.78, 5) is 0. The summed E-state index contributed by atoms with van der Waals surface area (Å²) in [6, 6.07) is 6.63. The molecule has 2 N–H and O–H groups in total. The van der Waals surface area contributed by atoms with Crippen molar-refractivity contribution in [2.45, 2.75) is 11.6 Å². The SMILES string of the molecule is CNCc1ccc(S(=O)(=O)Nc2cc(F)ccc2Br)o1. The van der Waals surface area contributed by atoms with E-state index in [9.17, 15) is 12.8 Å². The molecule has 20 heavy (non-hydrogen) atoms. The van der Waals surface area contributed by atoms with E-state index in [0.717, 1.165) is 6.07 Å². The van der Waals surface area contributed by atoms with Gasteiger partial charge in [-0.2, -0.15) is 8.42 Å². The number of furan rings is 1. The molecule has 108 valence electrons. The standard InChI is InChI=1S/C12H12BrFN2O3S/c1-15-7-9-3-5-12(19-9)20(17,18)16-11-6-8(14)2-4-10(11)13/h2-6,15-16H,7H2,1H3. The van der Waals surface area contributed by atoms with Crippen molar-refractivity contribution in [2.75, 3.05) is 11.8 Å². The first kappa shape index (κ1) is 15.0. The third-order valence-corrected chi connectivity index (χ3v) is 4.35. The van der Waals surface area contributed by atoms with Crippen molar-refractivity contribution < 1.29 is 17.2 Å². The van der Waals surface area contributed by atoms with Crippen molar-refractivity contribution in [3.63, 3.8) is 0 Å². The van der Waals surface area contributed by atoms with Crippen LogP contribution in [0, 0.1) is 5.82 Å². The number of benzene rings is 1. The highest BCUT2D eigenvalue weighted by molar-refractivity contribution is 9.10. The maximum Gasteiger partial charge on any atom is 0.295 e. The zero-order valence-electron chi connectivity index (χ0n) is 10.5. The molecular formula is C12H12BrFN2O3S. The van der Waals surface area contributed by atoms with E-state index in [1.165, 1.54) is 18.2 Å². The Morgan fingerprint density at radius 3 is 2.75 bits per heavy atom. The fourth-order valence-corrected chi connectivity index (χ4v) is 3.04. The molecule has 0 aliphatic carbocycles. The van der Waals surface area contributed by atoms with E-state index < -0.39 is 15.8 Å². The van der Waals surface area contributed by atoms with Gasteiger partial charge in [0.05, 0.1) is 12.2 Å². The summed E-state index contributed by atoms with van der Waals surface area (Å²) < 4.78 is 45.3. The molecule has 0 unspecified atom stereocenters. The van der Waals surface area contributed by atoms with Gasteiger partial charge in [0.15, 0.2) is 0 Å². The van der Waals surface area contributed by atoms with E-state index in [1.807, 2.05) is 0 Å². The number of hydrogen-bond donors (Lipinski definition) is 2. The maximum absolute atomic E-state index is 13.1. The predicted octanol–water partition coefficient (Wildman–Crippen LogP) is 2.70. The molecule has 2 rings (SSSR count). The van der Waals surface area contributed by atoms with Crippen LogP contribution in [-0.2, 0) is 16.6 Å². The number of halogens is 2. The van der Waals surface area contributed by atoms with Gasteiger partial charge < -0.3 is 9.73 Å². The van der Waals surface area contributed by atoms with Crippen molar-refractivity contribution in [3.05, 3.63) is 46.4 Å². The third kappa shape index (κ3) is 3.38. The van der Waals surface area contributed by atoms with Gasteiger partial charge in [-0.05, 0) is 53.3 Å². The normalized spacial score (nSPS) is 11.6. The Morgan fingerprint density at radius 2 is 2.05 bits per heavy atom. The van der Waals surface area contributed by atoms with Gasteiger partial charge in [-0.15, -0.1) is 0 Å². The quantitative estimate of drug-likeness (QED) is 0.857. The zero-order chi connectivity index (χ0) is 14.8. The highest BCUT2D eigenvalue weighted by Gasteiger charge is 2.20. The molecule has 5 nitrogen and oxygen atoms in total. The molecule has 0 spiro atoms. The average Bonchev–Trinajstić information content (AvgIpc) is 2.83. The molecule has 1 aromatic carbocycles. The minimum atomic E-state index is -3.89. The van der Waals surface area contributed by atoms with Crippen LogP contribution in [0.5, 0.6) is 0 Å². The Balaban J connectivity index is 2.28. The molecular weight excluding hydrogens is 351 g/mol. The van der Waals surface area contributed by atoms with Gasteiger partial charge >= 0.3 is 0 Å². The van der Waals surface area contributed by atoms with Crippen LogP contribution >= 0.6 is 15.9 Å². The van der Waals surface area contributed by atoms with Crippen LogP contribution in [0.4, 0.5) is 10.1 Å². The molecule has 0 amide bonds. The van der Waals surface area contributed by atoms with Crippen molar-refractivity contribution in [1.82, 2.24) is 5.32 Å². The van der Waals surface area contributed by atoms with E-state index >= 15 is 0 Å². The Kier molecular flexibility index (Phi) is 4.46. The highest BCUT2D eigenvalue weighted by Crippen LogP contribution is 2.26. The smallest absolute Gasteiger partial charge is 0.295 e. The fourth-order valence-electron chi connectivity index (χ4n) is 1.54. The van der Waals surface area contributed by atoms with Crippen molar-refractivity contribution in [2.24, 2.45) is 0 Å². The van der Waals surface area contributed by atoms with Gasteiger partial charge in [-0.1, -0.05) is 0 Å². The molecule has 0 aliphatic heterocycles. The lowest BCUT2D eigenvalue weighted by molar-refractivity contribution is 0.408. The second-order valence-corrected chi connectivity index (χ2v) is 6.45. The van der Waals surface area contributed by atoms with Crippen molar-refractivity contribution in [3.8, 4) is 0 Å². The lowest BCUT2D eigenvalue weighted by Gasteiger charge is -2.07. The third-order valence-electron chi connectivity index (χ3n) is 2.43. The topological polar surface area (TPSA) is 71.3 Å².